The molecule has 2 N–H and O–H groups in total. The molecular formula is C16H21ClN2O2+2. The molecule has 1 aliphatic heterocycles. The van der Waals surface area contributed by atoms with E-state index in [0.717, 1.165) is 41.2 Å². The van der Waals surface area contributed by atoms with Crippen LogP contribution in [0, 0.1) is 6.92 Å². The molecule has 112 valence electrons. The molecule has 3 rings (SSSR count). The summed E-state index contributed by atoms with van der Waals surface area (Å²) in [4.78, 5) is 14.9. The molecule has 0 bridgehead atoms. The Bertz CT molecular complexity index is 718. The number of likely N-dealkylation sites (N-methyl/N-ethyl adjacent to an activating group) is 1. The lowest BCUT2D eigenvalue weighted by Crippen LogP contribution is -3.26. The SMILES string of the molecule is Cc1cc2oc(=O)cc(C[NH+]3CC[NH+](C)CC3)c2cc1Cl. The Hall–Kier alpha value is -1.36. The minimum atomic E-state index is -0.279. The first kappa shape index (κ1) is 14.6. The molecule has 0 spiro atoms. The maximum absolute atomic E-state index is 11.8. The van der Waals surface area contributed by atoms with E-state index in [2.05, 4.69) is 7.05 Å². The van der Waals surface area contributed by atoms with Gasteiger partial charge < -0.3 is 14.2 Å². The predicted molar refractivity (Wildman–Crippen MR) is 83.3 cm³/mol. The van der Waals surface area contributed by atoms with Gasteiger partial charge in [-0.05, 0) is 24.6 Å². The number of rotatable bonds is 2. The summed E-state index contributed by atoms with van der Waals surface area (Å²) in [5.74, 6) is 0. The highest BCUT2D eigenvalue weighted by molar-refractivity contribution is 6.32. The van der Waals surface area contributed by atoms with Crippen LogP contribution in [0.5, 0.6) is 0 Å². The average molecular weight is 309 g/mol. The fraction of sp³-hybridized carbons (Fsp3) is 0.438. The van der Waals surface area contributed by atoms with Gasteiger partial charge in [-0.1, -0.05) is 11.6 Å². The van der Waals surface area contributed by atoms with Crippen LogP contribution in [-0.4, -0.2) is 33.2 Å². The second kappa shape index (κ2) is 5.79. The first-order valence-electron chi connectivity index (χ1n) is 7.40. The van der Waals surface area contributed by atoms with Crippen molar-refractivity contribution >= 4 is 22.6 Å². The molecule has 1 aromatic heterocycles. The molecule has 1 fully saturated rings. The Morgan fingerprint density at radius 3 is 2.62 bits per heavy atom. The van der Waals surface area contributed by atoms with Crippen molar-refractivity contribution in [3.63, 3.8) is 0 Å². The Balaban J connectivity index is 1.97. The Morgan fingerprint density at radius 2 is 1.90 bits per heavy atom. The number of nitrogens with one attached hydrogen (secondary N) is 2. The van der Waals surface area contributed by atoms with Crippen LogP contribution in [0.15, 0.2) is 27.4 Å². The predicted octanol–water partition coefficient (Wildman–Crippen LogP) is -0.332. The monoisotopic (exact) mass is 308 g/mol. The standard InChI is InChI=1S/C16H19ClN2O2/c1-11-7-15-13(9-14(11)17)12(8-16(20)21-15)10-19-5-3-18(2)4-6-19/h7-9H,3-6,10H2,1-2H3/p+2. The van der Waals surface area contributed by atoms with Gasteiger partial charge in [-0.25, -0.2) is 4.79 Å². The number of aryl methyl sites for hydroxylation is 1. The third-order valence-corrected chi connectivity index (χ3v) is 4.77. The van der Waals surface area contributed by atoms with E-state index in [-0.39, 0.29) is 5.63 Å². The van der Waals surface area contributed by atoms with Gasteiger partial charge in [-0.2, -0.15) is 0 Å². The molecule has 0 atom stereocenters. The summed E-state index contributed by atoms with van der Waals surface area (Å²) >= 11 is 6.23. The Morgan fingerprint density at radius 1 is 1.19 bits per heavy atom. The third-order valence-electron chi connectivity index (χ3n) is 4.36. The van der Waals surface area contributed by atoms with Crippen LogP contribution < -0.4 is 15.4 Å². The maximum atomic E-state index is 11.8. The number of hydrogen-bond acceptors (Lipinski definition) is 2. The second-order valence-electron chi connectivity index (χ2n) is 6.07. The molecule has 0 radical (unpaired) electrons. The minimum Gasteiger partial charge on any atom is -0.423 e. The first-order valence-corrected chi connectivity index (χ1v) is 7.78. The highest BCUT2D eigenvalue weighted by Gasteiger charge is 2.21. The van der Waals surface area contributed by atoms with Crippen molar-refractivity contribution in [2.24, 2.45) is 0 Å². The molecule has 5 heteroatoms. The van der Waals surface area contributed by atoms with Gasteiger partial charge in [0, 0.05) is 22.0 Å². The highest BCUT2D eigenvalue weighted by Crippen LogP contribution is 2.24. The normalized spacial score (nSPS) is 22.6. The van der Waals surface area contributed by atoms with Crippen LogP contribution in [0.3, 0.4) is 0 Å². The highest BCUT2D eigenvalue weighted by atomic mass is 35.5. The molecule has 0 amide bonds. The molecular weight excluding hydrogens is 288 g/mol. The van der Waals surface area contributed by atoms with Gasteiger partial charge in [0.1, 0.15) is 38.3 Å². The van der Waals surface area contributed by atoms with E-state index >= 15 is 0 Å². The number of quaternary nitrogens is 2. The van der Waals surface area contributed by atoms with E-state index in [1.165, 1.54) is 18.0 Å². The van der Waals surface area contributed by atoms with E-state index < -0.39 is 0 Å². The molecule has 2 heterocycles. The van der Waals surface area contributed by atoms with Gasteiger partial charge in [0.2, 0.25) is 0 Å². The van der Waals surface area contributed by atoms with E-state index in [0.29, 0.717) is 5.58 Å². The summed E-state index contributed by atoms with van der Waals surface area (Å²) in [5.41, 5.74) is 2.33. The summed E-state index contributed by atoms with van der Waals surface area (Å²) in [5, 5.41) is 1.68. The maximum Gasteiger partial charge on any atom is 0.336 e. The van der Waals surface area contributed by atoms with Crippen LogP contribution in [-0.2, 0) is 6.54 Å². The van der Waals surface area contributed by atoms with Gasteiger partial charge in [0.15, 0.2) is 0 Å². The number of halogens is 1. The van der Waals surface area contributed by atoms with Crippen LogP contribution in [0.2, 0.25) is 5.02 Å². The summed E-state index contributed by atoms with van der Waals surface area (Å²) in [6.07, 6.45) is 0. The lowest BCUT2D eigenvalue weighted by Gasteiger charge is -2.27. The number of benzene rings is 1. The fourth-order valence-corrected chi connectivity index (χ4v) is 3.13. The molecule has 1 aromatic carbocycles. The van der Waals surface area contributed by atoms with Gasteiger partial charge in [0.05, 0.1) is 7.05 Å². The van der Waals surface area contributed by atoms with Crippen molar-refractivity contribution in [3.05, 3.63) is 44.8 Å². The number of fused-ring (bicyclic) bond motifs is 1. The topological polar surface area (TPSA) is 39.1 Å². The lowest BCUT2D eigenvalue weighted by molar-refractivity contribution is -1.01. The first-order chi connectivity index (χ1) is 10.0. The average Bonchev–Trinajstić information content (AvgIpc) is 2.43. The van der Waals surface area contributed by atoms with Gasteiger partial charge in [-0.15, -0.1) is 0 Å². The zero-order valence-corrected chi connectivity index (χ0v) is 13.2. The second-order valence-corrected chi connectivity index (χ2v) is 6.48. The summed E-state index contributed by atoms with van der Waals surface area (Å²) < 4.78 is 5.32. The van der Waals surface area contributed by atoms with Crippen molar-refractivity contribution in [3.8, 4) is 0 Å². The van der Waals surface area contributed by atoms with Crippen molar-refractivity contribution in [2.45, 2.75) is 13.5 Å². The van der Waals surface area contributed by atoms with Gasteiger partial charge in [0.25, 0.3) is 0 Å². The molecule has 0 saturated carbocycles. The molecule has 21 heavy (non-hydrogen) atoms. The third kappa shape index (κ3) is 3.12. The zero-order valence-electron chi connectivity index (χ0n) is 12.5. The van der Waals surface area contributed by atoms with Gasteiger partial charge in [-0.3, -0.25) is 0 Å². The fourth-order valence-electron chi connectivity index (χ4n) is 2.97. The van der Waals surface area contributed by atoms with Crippen molar-refractivity contribution in [1.82, 2.24) is 0 Å². The van der Waals surface area contributed by atoms with Crippen LogP contribution in [0.25, 0.3) is 11.0 Å². The summed E-state index contributed by atoms with van der Waals surface area (Å²) in [6.45, 7) is 7.39. The van der Waals surface area contributed by atoms with E-state index in [1.54, 1.807) is 11.0 Å². The van der Waals surface area contributed by atoms with Crippen LogP contribution >= 0.6 is 11.6 Å². The molecule has 1 aliphatic rings. The Kier molecular flexibility index (Phi) is 4.02. The van der Waals surface area contributed by atoms with E-state index in [4.69, 9.17) is 16.0 Å². The minimum absolute atomic E-state index is 0.279. The zero-order chi connectivity index (χ0) is 15.0. The quantitative estimate of drug-likeness (QED) is 0.746. The number of hydrogen-bond donors (Lipinski definition) is 2. The van der Waals surface area contributed by atoms with E-state index in [9.17, 15) is 4.79 Å². The smallest absolute Gasteiger partial charge is 0.336 e. The van der Waals surface area contributed by atoms with Gasteiger partial charge >= 0.3 is 5.63 Å². The molecule has 2 aromatic rings. The molecule has 4 nitrogen and oxygen atoms in total. The number of piperazine rings is 1. The molecule has 0 unspecified atom stereocenters. The summed E-state index contributed by atoms with van der Waals surface area (Å²) in [7, 11) is 2.23. The Labute approximate surface area is 128 Å². The van der Waals surface area contributed by atoms with Crippen LogP contribution in [0.4, 0.5) is 0 Å². The van der Waals surface area contributed by atoms with Crippen molar-refractivity contribution < 1.29 is 14.2 Å². The molecule has 0 aliphatic carbocycles. The van der Waals surface area contributed by atoms with Crippen LogP contribution in [0.1, 0.15) is 11.1 Å². The van der Waals surface area contributed by atoms with E-state index in [1.807, 2.05) is 19.1 Å². The summed E-state index contributed by atoms with van der Waals surface area (Å²) in [6, 6.07) is 5.39. The molecule has 1 saturated heterocycles. The largest absolute Gasteiger partial charge is 0.423 e. The van der Waals surface area contributed by atoms with Crippen molar-refractivity contribution in [1.29, 1.82) is 0 Å². The lowest BCUT2D eigenvalue weighted by atomic mass is 10.1. The van der Waals surface area contributed by atoms with Crippen molar-refractivity contribution in [2.75, 3.05) is 33.2 Å².